The molecule has 3 nitrogen and oxygen atoms in total. The Morgan fingerprint density at radius 1 is 1.14 bits per heavy atom. The molecule has 0 fully saturated rings. The van der Waals surface area contributed by atoms with Gasteiger partial charge in [-0.15, -0.1) is 0 Å². The molecule has 0 saturated carbocycles. The van der Waals surface area contributed by atoms with Gasteiger partial charge in [-0.3, -0.25) is 0 Å². The minimum absolute atomic E-state index is 0.0235. The first-order valence-corrected chi connectivity index (χ1v) is 6.05. The Bertz CT molecular complexity index is 821. The first-order chi connectivity index (χ1) is 9.88. The van der Waals surface area contributed by atoms with Crippen molar-refractivity contribution in [2.45, 2.75) is 13.1 Å². The Morgan fingerprint density at radius 3 is 2.57 bits per heavy atom. The van der Waals surface area contributed by atoms with Crippen LogP contribution in [-0.4, -0.2) is 15.0 Å². The molecular weight excluding hydrogens is 286 g/mol. The van der Waals surface area contributed by atoms with E-state index in [0.717, 1.165) is 11.6 Å². The maximum absolute atomic E-state index is 14.1. The van der Waals surface area contributed by atoms with Crippen molar-refractivity contribution in [3.63, 3.8) is 0 Å². The molecule has 0 spiro atoms. The summed E-state index contributed by atoms with van der Waals surface area (Å²) in [4.78, 5) is 10.9. The number of benzene rings is 1. The van der Waals surface area contributed by atoms with Crippen LogP contribution in [0, 0.1) is 12.7 Å². The van der Waals surface area contributed by atoms with Gasteiger partial charge in [0.2, 0.25) is 0 Å². The lowest BCUT2D eigenvalue weighted by atomic mass is 10.1. The average molecular weight is 295 g/mol. The molecule has 2 aromatic heterocycles. The quantitative estimate of drug-likeness (QED) is 0.687. The molecule has 3 rings (SSSR count). The molecular formula is C14H9F4N3. The van der Waals surface area contributed by atoms with Crippen molar-refractivity contribution in [1.82, 2.24) is 15.0 Å². The second-order valence-corrected chi connectivity index (χ2v) is 4.58. The van der Waals surface area contributed by atoms with Crippen molar-refractivity contribution in [2.75, 3.05) is 0 Å². The van der Waals surface area contributed by atoms with Crippen LogP contribution in [0.4, 0.5) is 17.6 Å². The Hall–Kier alpha value is -2.44. The summed E-state index contributed by atoms with van der Waals surface area (Å²) in [5.74, 6) is -1.32. The van der Waals surface area contributed by atoms with E-state index >= 15 is 0 Å². The minimum Gasteiger partial charge on any atom is -0.336 e. The zero-order valence-corrected chi connectivity index (χ0v) is 10.8. The first-order valence-electron chi connectivity index (χ1n) is 6.05. The van der Waals surface area contributed by atoms with E-state index in [0.29, 0.717) is 17.2 Å². The number of hydrogen-bond acceptors (Lipinski definition) is 2. The number of fused-ring (bicyclic) bond motifs is 1. The molecule has 2 heterocycles. The number of aromatic amines is 1. The van der Waals surface area contributed by atoms with Crippen LogP contribution in [0.25, 0.3) is 22.6 Å². The van der Waals surface area contributed by atoms with E-state index in [1.165, 1.54) is 12.3 Å². The van der Waals surface area contributed by atoms with E-state index in [2.05, 4.69) is 15.0 Å². The van der Waals surface area contributed by atoms with Gasteiger partial charge in [-0.1, -0.05) is 6.07 Å². The lowest BCUT2D eigenvalue weighted by molar-refractivity contribution is -0.139. The summed E-state index contributed by atoms with van der Waals surface area (Å²) < 4.78 is 52.3. The Kier molecular flexibility index (Phi) is 2.93. The molecule has 0 bridgehead atoms. The predicted molar refractivity (Wildman–Crippen MR) is 69.0 cm³/mol. The van der Waals surface area contributed by atoms with E-state index in [-0.39, 0.29) is 11.4 Å². The molecule has 0 radical (unpaired) electrons. The molecule has 0 aliphatic carbocycles. The number of alkyl halides is 3. The van der Waals surface area contributed by atoms with E-state index < -0.39 is 17.6 Å². The van der Waals surface area contributed by atoms with Gasteiger partial charge >= 0.3 is 6.18 Å². The lowest BCUT2D eigenvalue weighted by Crippen LogP contribution is -2.08. The lowest BCUT2D eigenvalue weighted by Gasteiger charge is -2.09. The summed E-state index contributed by atoms with van der Waals surface area (Å²) in [7, 11) is 0. The molecule has 1 aromatic carbocycles. The van der Waals surface area contributed by atoms with Crippen molar-refractivity contribution < 1.29 is 17.6 Å². The van der Waals surface area contributed by atoms with Crippen molar-refractivity contribution in [1.29, 1.82) is 0 Å². The number of hydrogen-bond donors (Lipinski definition) is 1. The predicted octanol–water partition coefficient (Wildman–Crippen LogP) is 4.09. The highest BCUT2D eigenvalue weighted by Crippen LogP contribution is 2.35. The fourth-order valence-corrected chi connectivity index (χ4v) is 2.10. The molecule has 3 aromatic rings. The van der Waals surface area contributed by atoms with Crippen molar-refractivity contribution >= 4 is 11.2 Å². The third kappa shape index (κ3) is 2.24. The zero-order valence-electron chi connectivity index (χ0n) is 10.8. The van der Waals surface area contributed by atoms with E-state index in [1.807, 2.05) is 0 Å². The zero-order chi connectivity index (χ0) is 15.2. The Morgan fingerprint density at radius 2 is 1.90 bits per heavy atom. The highest BCUT2D eigenvalue weighted by molar-refractivity contribution is 5.78. The van der Waals surface area contributed by atoms with Gasteiger partial charge in [-0.25, -0.2) is 14.4 Å². The van der Waals surface area contributed by atoms with Crippen molar-refractivity contribution in [3.8, 4) is 11.4 Å². The number of pyridine rings is 1. The molecule has 0 aliphatic heterocycles. The van der Waals surface area contributed by atoms with Crippen LogP contribution >= 0.6 is 0 Å². The molecule has 7 heteroatoms. The maximum Gasteiger partial charge on any atom is 0.419 e. The molecule has 0 saturated heterocycles. The number of imidazole rings is 1. The third-order valence-electron chi connectivity index (χ3n) is 3.16. The van der Waals surface area contributed by atoms with Gasteiger partial charge in [-0.05, 0) is 30.7 Å². The first kappa shape index (κ1) is 13.5. The number of aromatic nitrogens is 3. The second kappa shape index (κ2) is 4.54. The van der Waals surface area contributed by atoms with Crippen LogP contribution in [-0.2, 0) is 6.18 Å². The van der Waals surface area contributed by atoms with Gasteiger partial charge in [0, 0.05) is 6.20 Å². The summed E-state index contributed by atoms with van der Waals surface area (Å²) in [5, 5.41) is 0. The molecule has 0 unspecified atom stereocenters. The molecule has 0 aliphatic rings. The SMILES string of the molecule is Cc1ccnc2nc(-c3cccc(C(F)(F)F)c3F)[nH]c12. The Labute approximate surface area is 116 Å². The molecule has 1 N–H and O–H groups in total. The van der Waals surface area contributed by atoms with Crippen LogP contribution in [0.2, 0.25) is 0 Å². The summed E-state index contributed by atoms with van der Waals surface area (Å²) in [6.07, 6.45) is -3.22. The van der Waals surface area contributed by atoms with Gasteiger partial charge in [0.25, 0.3) is 0 Å². The third-order valence-corrected chi connectivity index (χ3v) is 3.16. The fourth-order valence-electron chi connectivity index (χ4n) is 2.10. The molecule has 21 heavy (non-hydrogen) atoms. The monoisotopic (exact) mass is 295 g/mol. The van der Waals surface area contributed by atoms with E-state index in [9.17, 15) is 17.6 Å². The standard InChI is InChI=1S/C14H9F4N3/c1-7-5-6-19-13-11(7)20-12(21-13)8-3-2-4-9(10(8)15)14(16,17)18/h2-6H,1H3,(H,19,20,21). The molecule has 0 amide bonds. The maximum atomic E-state index is 14.1. The normalized spacial score (nSPS) is 12.0. The molecule has 0 atom stereocenters. The van der Waals surface area contributed by atoms with Gasteiger partial charge in [0.15, 0.2) is 5.65 Å². The van der Waals surface area contributed by atoms with Gasteiger partial charge in [0.1, 0.15) is 11.6 Å². The largest absolute Gasteiger partial charge is 0.419 e. The number of rotatable bonds is 1. The topological polar surface area (TPSA) is 41.6 Å². The van der Waals surface area contributed by atoms with Crippen molar-refractivity contribution in [3.05, 3.63) is 47.4 Å². The van der Waals surface area contributed by atoms with Crippen LogP contribution in [0.3, 0.4) is 0 Å². The number of aryl methyl sites for hydroxylation is 1. The highest BCUT2D eigenvalue weighted by atomic mass is 19.4. The van der Waals surface area contributed by atoms with Crippen LogP contribution in [0.15, 0.2) is 30.5 Å². The summed E-state index contributed by atoms with van der Waals surface area (Å²) in [5.41, 5.74) is 0.185. The number of nitrogens with one attached hydrogen (secondary N) is 1. The summed E-state index contributed by atoms with van der Waals surface area (Å²) in [6.45, 7) is 1.80. The fraction of sp³-hybridized carbons (Fsp3) is 0.143. The second-order valence-electron chi connectivity index (χ2n) is 4.58. The summed E-state index contributed by atoms with van der Waals surface area (Å²) in [6, 6.07) is 4.82. The van der Waals surface area contributed by atoms with E-state index in [1.54, 1.807) is 13.0 Å². The molecule has 108 valence electrons. The summed E-state index contributed by atoms with van der Waals surface area (Å²) >= 11 is 0. The van der Waals surface area contributed by atoms with Crippen LogP contribution < -0.4 is 0 Å². The van der Waals surface area contributed by atoms with Crippen molar-refractivity contribution in [2.24, 2.45) is 0 Å². The van der Waals surface area contributed by atoms with Gasteiger partial charge in [-0.2, -0.15) is 13.2 Å². The van der Waals surface area contributed by atoms with Gasteiger partial charge < -0.3 is 4.98 Å². The van der Waals surface area contributed by atoms with Crippen LogP contribution in [0.1, 0.15) is 11.1 Å². The smallest absolute Gasteiger partial charge is 0.336 e. The number of nitrogens with zero attached hydrogens (tertiary/aromatic N) is 2. The van der Waals surface area contributed by atoms with Gasteiger partial charge in [0.05, 0.1) is 16.6 Å². The minimum atomic E-state index is -4.75. The Balaban J connectivity index is 2.22. The average Bonchev–Trinajstić information content (AvgIpc) is 2.83. The number of halogens is 4. The highest BCUT2D eigenvalue weighted by Gasteiger charge is 2.35. The van der Waals surface area contributed by atoms with Crippen LogP contribution in [0.5, 0.6) is 0 Å². The van der Waals surface area contributed by atoms with E-state index in [4.69, 9.17) is 0 Å². The number of H-pyrrole nitrogens is 1.